The first kappa shape index (κ1) is 16.7. The van der Waals surface area contributed by atoms with E-state index in [0.717, 1.165) is 9.21 Å². The Morgan fingerprint density at radius 3 is 2.53 bits per heavy atom. The molecule has 1 unspecified atom stereocenters. The molecule has 0 saturated heterocycles. The van der Waals surface area contributed by atoms with Gasteiger partial charge in [0.25, 0.3) is 0 Å². The molecule has 0 aliphatic rings. The van der Waals surface area contributed by atoms with E-state index < -0.39 is 6.04 Å². The molecule has 1 aromatic rings. The Balaban J connectivity index is 0.00000256. The van der Waals surface area contributed by atoms with Crippen LogP contribution in [0.1, 0.15) is 18.7 Å². The second-order valence-corrected chi connectivity index (χ2v) is 5.97. The quantitative estimate of drug-likeness (QED) is 0.929. The summed E-state index contributed by atoms with van der Waals surface area (Å²) >= 11 is 7.31. The second-order valence-electron chi connectivity index (χ2n) is 4.17. The number of rotatable bonds is 4. The van der Waals surface area contributed by atoms with Crippen molar-refractivity contribution in [3.05, 3.63) is 21.3 Å². The first-order chi connectivity index (χ1) is 7.41. The van der Waals surface area contributed by atoms with Gasteiger partial charge in [0, 0.05) is 11.9 Å². The minimum absolute atomic E-state index is 0. The number of nitrogens with zero attached hydrogens (tertiary/aromatic N) is 1. The molecule has 0 spiro atoms. The summed E-state index contributed by atoms with van der Waals surface area (Å²) in [7, 11) is 1.76. The maximum absolute atomic E-state index is 11.9. The van der Waals surface area contributed by atoms with E-state index in [1.54, 1.807) is 11.9 Å². The van der Waals surface area contributed by atoms with E-state index in [-0.39, 0.29) is 24.2 Å². The zero-order valence-electron chi connectivity index (χ0n) is 10.1. The first-order valence-corrected chi connectivity index (χ1v) is 6.36. The van der Waals surface area contributed by atoms with Gasteiger partial charge in [-0.15, -0.1) is 23.7 Å². The molecule has 0 aliphatic heterocycles. The van der Waals surface area contributed by atoms with Crippen LogP contribution in [0, 0.1) is 5.92 Å². The summed E-state index contributed by atoms with van der Waals surface area (Å²) in [4.78, 5) is 14.6. The Labute approximate surface area is 117 Å². The van der Waals surface area contributed by atoms with E-state index in [1.165, 1.54) is 11.3 Å². The van der Waals surface area contributed by atoms with Gasteiger partial charge in [-0.2, -0.15) is 0 Å². The van der Waals surface area contributed by atoms with Gasteiger partial charge in [-0.3, -0.25) is 4.79 Å². The van der Waals surface area contributed by atoms with E-state index in [2.05, 4.69) is 0 Å². The maximum atomic E-state index is 11.9. The molecule has 2 N–H and O–H groups in total. The van der Waals surface area contributed by atoms with Crippen LogP contribution >= 0.6 is 35.3 Å². The molecule has 0 aromatic carbocycles. The summed E-state index contributed by atoms with van der Waals surface area (Å²) in [6.07, 6.45) is 0. The lowest BCUT2D eigenvalue weighted by molar-refractivity contribution is -0.132. The molecule has 1 rings (SSSR count). The lowest BCUT2D eigenvalue weighted by atomic mass is 10.0. The highest BCUT2D eigenvalue weighted by Crippen LogP contribution is 2.22. The van der Waals surface area contributed by atoms with E-state index in [0.29, 0.717) is 6.54 Å². The Hall–Kier alpha value is -0.290. The number of amides is 1. The molecule has 1 heterocycles. The zero-order valence-corrected chi connectivity index (χ0v) is 12.5. The SMILES string of the molecule is CC(C)C(N)C(=O)N(C)Cc1ccc(Cl)s1.Cl. The number of likely N-dealkylation sites (N-methyl/N-ethyl adjacent to an activating group) is 1. The van der Waals surface area contributed by atoms with Crippen LogP contribution in [0.2, 0.25) is 4.34 Å². The number of thiophene rings is 1. The van der Waals surface area contributed by atoms with Gasteiger partial charge in [0.05, 0.1) is 16.9 Å². The predicted molar refractivity (Wildman–Crippen MR) is 75.9 cm³/mol. The van der Waals surface area contributed by atoms with Crippen LogP contribution in [0.15, 0.2) is 12.1 Å². The number of halogens is 2. The van der Waals surface area contributed by atoms with Gasteiger partial charge in [0.2, 0.25) is 5.91 Å². The largest absolute Gasteiger partial charge is 0.339 e. The van der Waals surface area contributed by atoms with Crippen LogP contribution in [0.3, 0.4) is 0 Å². The highest BCUT2D eigenvalue weighted by atomic mass is 35.5. The number of hydrogen-bond acceptors (Lipinski definition) is 3. The van der Waals surface area contributed by atoms with E-state index in [4.69, 9.17) is 17.3 Å². The third-order valence-electron chi connectivity index (χ3n) is 2.40. The molecule has 0 radical (unpaired) electrons. The van der Waals surface area contributed by atoms with Crippen molar-refractivity contribution in [2.75, 3.05) is 7.05 Å². The van der Waals surface area contributed by atoms with Crippen molar-refractivity contribution >= 4 is 41.3 Å². The van der Waals surface area contributed by atoms with E-state index in [9.17, 15) is 4.79 Å². The number of carbonyl (C=O) groups is 1. The lowest BCUT2D eigenvalue weighted by Crippen LogP contribution is -2.44. The molecule has 98 valence electrons. The molecule has 1 aromatic heterocycles. The van der Waals surface area contributed by atoms with Crippen LogP contribution in [-0.4, -0.2) is 23.9 Å². The van der Waals surface area contributed by atoms with Gasteiger partial charge in [-0.25, -0.2) is 0 Å². The third-order valence-corrected chi connectivity index (χ3v) is 3.62. The fourth-order valence-electron chi connectivity index (χ4n) is 1.29. The monoisotopic (exact) mass is 296 g/mol. The van der Waals surface area contributed by atoms with Gasteiger partial charge in [0.1, 0.15) is 0 Å². The predicted octanol–water partition coefficient (Wildman–Crippen LogP) is 2.77. The molecular formula is C11H18Cl2N2OS. The van der Waals surface area contributed by atoms with Gasteiger partial charge < -0.3 is 10.6 Å². The minimum Gasteiger partial charge on any atom is -0.339 e. The summed E-state index contributed by atoms with van der Waals surface area (Å²) in [6.45, 7) is 4.45. The molecular weight excluding hydrogens is 279 g/mol. The van der Waals surface area contributed by atoms with Crippen molar-refractivity contribution in [3.63, 3.8) is 0 Å². The standard InChI is InChI=1S/C11H17ClN2OS.ClH/c1-7(2)10(13)11(15)14(3)6-8-4-5-9(12)16-8;/h4-5,7,10H,6,13H2,1-3H3;1H. The molecule has 6 heteroatoms. The van der Waals surface area contributed by atoms with Crippen molar-refractivity contribution in [1.82, 2.24) is 4.90 Å². The van der Waals surface area contributed by atoms with Crippen LogP contribution in [0.5, 0.6) is 0 Å². The number of carbonyl (C=O) groups excluding carboxylic acids is 1. The summed E-state index contributed by atoms with van der Waals surface area (Å²) in [5.41, 5.74) is 5.81. The van der Waals surface area contributed by atoms with Crippen molar-refractivity contribution < 1.29 is 4.79 Å². The average Bonchev–Trinajstić information content (AvgIpc) is 2.61. The van der Waals surface area contributed by atoms with Crippen LogP contribution in [0.25, 0.3) is 0 Å². The van der Waals surface area contributed by atoms with E-state index >= 15 is 0 Å². The maximum Gasteiger partial charge on any atom is 0.239 e. The Bertz CT molecular complexity index is 368. The van der Waals surface area contributed by atoms with Gasteiger partial charge in [-0.05, 0) is 18.1 Å². The minimum atomic E-state index is -0.430. The van der Waals surface area contributed by atoms with Crippen LogP contribution in [0.4, 0.5) is 0 Å². The topological polar surface area (TPSA) is 46.3 Å². The fraction of sp³-hybridized carbons (Fsp3) is 0.545. The third kappa shape index (κ3) is 4.84. The summed E-state index contributed by atoms with van der Waals surface area (Å²) in [5, 5.41) is 0. The average molecular weight is 297 g/mol. The normalized spacial score (nSPS) is 12.1. The van der Waals surface area contributed by atoms with Gasteiger partial charge >= 0.3 is 0 Å². The van der Waals surface area contributed by atoms with Crippen molar-refractivity contribution in [2.45, 2.75) is 26.4 Å². The lowest BCUT2D eigenvalue weighted by Gasteiger charge is -2.22. The van der Waals surface area contributed by atoms with Gasteiger partial charge in [0.15, 0.2) is 0 Å². The molecule has 0 fully saturated rings. The summed E-state index contributed by atoms with van der Waals surface area (Å²) in [5.74, 6) is 0.126. The Morgan fingerprint density at radius 2 is 2.12 bits per heavy atom. The smallest absolute Gasteiger partial charge is 0.239 e. The molecule has 0 aliphatic carbocycles. The number of hydrogen-bond donors (Lipinski definition) is 1. The Morgan fingerprint density at radius 1 is 1.53 bits per heavy atom. The molecule has 1 atom stereocenters. The summed E-state index contributed by atoms with van der Waals surface area (Å²) < 4.78 is 0.740. The second kappa shape index (κ2) is 7.21. The van der Waals surface area contributed by atoms with Crippen molar-refractivity contribution in [3.8, 4) is 0 Å². The fourth-order valence-corrected chi connectivity index (χ4v) is 2.43. The number of nitrogens with two attached hydrogens (primary N) is 1. The zero-order chi connectivity index (χ0) is 12.3. The highest BCUT2D eigenvalue weighted by molar-refractivity contribution is 7.16. The molecule has 3 nitrogen and oxygen atoms in total. The van der Waals surface area contributed by atoms with Crippen LogP contribution in [-0.2, 0) is 11.3 Å². The Kier molecular flexibility index (Phi) is 7.09. The van der Waals surface area contributed by atoms with E-state index in [1.807, 2.05) is 26.0 Å². The molecule has 0 saturated carbocycles. The molecule has 0 bridgehead atoms. The van der Waals surface area contributed by atoms with Gasteiger partial charge in [-0.1, -0.05) is 25.4 Å². The summed E-state index contributed by atoms with van der Waals surface area (Å²) in [6, 6.07) is 3.33. The molecule has 1 amide bonds. The highest BCUT2D eigenvalue weighted by Gasteiger charge is 2.21. The first-order valence-electron chi connectivity index (χ1n) is 5.16. The molecule has 17 heavy (non-hydrogen) atoms. The van der Waals surface area contributed by atoms with Crippen LogP contribution < -0.4 is 5.73 Å². The van der Waals surface area contributed by atoms with Crippen molar-refractivity contribution in [1.29, 1.82) is 0 Å². The van der Waals surface area contributed by atoms with Crippen molar-refractivity contribution in [2.24, 2.45) is 11.7 Å².